The third-order valence-corrected chi connectivity index (χ3v) is 8.25. The molecule has 1 aromatic heterocycles. The second-order valence-electron chi connectivity index (χ2n) is 10.9. The van der Waals surface area contributed by atoms with E-state index in [-0.39, 0.29) is 29.9 Å². The van der Waals surface area contributed by atoms with Crippen molar-refractivity contribution in [1.29, 1.82) is 5.26 Å². The molecule has 3 amide bonds. The van der Waals surface area contributed by atoms with Gasteiger partial charge in [0.1, 0.15) is 23.3 Å². The van der Waals surface area contributed by atoms with Gasteiger partial charge in [0.15, 0.2) is 0 Å². The van der Waals surface area contributed by atoms with Crippen molar-refractivity contribution in [2.75, 3.05) is 18.0 Å². The lowest BCUT2D eigenvalue weighted by Gasteiger charge is -2.27. The molecule has 3 aromatic rings. The van der Waals surface area contributed by atoms with Crippen LogP contribution in [0.2, 0.25) is 10.0 Å². The zero-order chi connectivity index (χ0) is 30.4. The molecular weight excluding hydrogens is 593 g/mol. The van der Waals surface area contributed by atoms with Crippen LogP contribution in [0.1, 0.15) is 47.8 Å². The number of imidazole rings is 1. The first-order valence-corrected chi connectivity index (χ1v) is 14.3. The second kappa shape index (κ2) is 10.9. The minimum Gasteiger partial charge on any atom is -0.354 e. The molecule has 12 nitrogen and oxygen atoms in total. The van der Waals surface area contributed by atoms with Crippen LogP contribution in [-0.4, -0.2) is 51.6 Å². The van der Waals surface area contributed by atoms with E-state index in [0.29, 0.717) is 53.6 Å². The number of amides is 3. The summed E-state index contributed by atoms with van der Waals surface area (Å²) in [6.07, 6.45) is 3.06. The van der Waals surface area contributed by atoms with Crippen molar-refractivity contribution in [3.05, 3.63) is 75.5 Å². The second-order valence-corrected chi connectivity index (χ2v) is 11.8. The molecule has 0 bridgehead atoms. The number of carbonyl (C=O) groups excluding carboxylic acids is 3. The predicted octanol–water partition coefficient (Wildman–Crippen LogP) is 4.29. The van der Waals surface area contributed by atoms with Crippen molar-refractivity contribution in [3.63, 3.8) is 0 Å². The van der Waals surface area contributed by atoms with Gasteiger partial charge in [-0.15, -0.1) is 5.10 Å². The van der Waals surface area contributed by atoms with Gasteiger partial charge in [0.2, 0.25) is 11.9 Å². The molecule has 3 aliphatic rings. The van der Waals surface area contributed by atoms with Crippen LogP contribution in [0.3, 0.4) is 0 Å². The summed E-state index contributed by atoms with van der Waals surface area (Å²) in [5, 5.41) is 26.9. The standard InChI is InChI=1S/C29H25Cl2N9O3/c1-28(13-17-2-4-18(14-32)5-3-17)26(43)39(22-11-19(30)10-20(31)12-22)27-34-16-23(40(27)28)24(41)36-29(7-8-29)25(42)33-9-6-21-15-35-38-37-21/h2-5,10-12,16H,6-9,13,15H2,1H3,(H,33,42)(H,36,41)/t28-/m1/s1. The molecule has 218 valence electrons. The van der Waals surface area contributed by atoms with Crippen LogP contribution in [0.5, 0.6) is 0 Å². The maximum absolute atomic E-state index is 14.2. The Hall–Kier alpha value is -4.60. The average Bonchev–Trinajstić information content (AvgIpc) is 3.29. The lowest BCUT2D eigenvalue weighted by Crippen LogP contribution is -2.50. The number of nitriles is 1. The number of halogens is 2. The molecule has 1 fully saturated rings. The van der Waals surface area contributed by atoms with Gasteiger partial charge < -0.3 is 10.6 Å². The predicted molar refractivity (Wildman–Crippen MR) is 159 cm³/mol. The summed E-state index contributed by atoms with van der Waals surface area (Å²) in [6.45, 7) is 2.49. The molecule has 0 unspecified atom stereocenters. The number of anilines is 2. The largest absolute Gasteiger partial charge is 0.354 e. The number of aromatic nitrogens is 2. The first-order valence-electron chi connectivity index (χ1n) is 13.5. The Morgan fingerprint density at radius 2 is 1.84 bits per heavy atom. The third kappa shape index (κ3) is 5.26. The average molecular weight is 618 g/mol. The van der Waals surface area contributed by atoms with E-state index < -0.39 is 17.0 Å². The Balaban J connectivity index is 1.31. The number of carbonyl (C=O) groups is 3. The van der Waals surface area contributed by atoms with Gasteiger partial charge in [-0.25, -0.2) is 9.88 Å². The summed E-state index contributed by atoms with van der Waals surface area (Å²) in [5.74, 6) is -0.957. The Labute approximate surface area is 256 Å². The summed E-state index contributed by atoms with van der Waals surface area (Å²) in [5.41, 5.74) is 0.212. The van der Waals surface area contributed by atoms with E-state index in [2.05, 4.69) is 37.1 Å². The number of hydrogen-bond donors (Lipinski definition) is 2. The Kier molecular flexibility index (Phi) is 7.23. The quantitative estimate of drug-likeness (QED) is 0.366. The van der Waals surface area contributed by atoms with Crippen LogP contribution >= 0.6 is 23.2 Å². The molecule has 43 heavy (non-hydrogen) atoms. The summed E-state index contributed by atoms with van der Waals surface area (Å²) in [7, 11) is 0. The molecule has 1 atom stereocenters. The van der Waals surface area contributed by atoms with Gasteiger partial charge in [-0.3, -0.25) is 19.0 Å². The lowest BCUT2D eigenvalue weighted by atomic mass is 9.91. The summed E-state index contributed by atoms with van der Waals surface area (Å²) < 4.78 is 1.59. The normalized spacial score (nSPS) is 19.5. The highest BCUT2D eigenvalue weighted by atomic mass is 35.5. The maximum Gasteiger partial charge on any atom is 0.270 e. The molecule has 1 saturated carbocycles. The molecule has 0 radical (unpaired) electrons. The zero-order valence-corrected chi connectivity index (χ0v) is 24.5. The molecule has 0 spiro atoms. The summed E-state index contributed by atoms with van der Waals surface area (Å²) in [4.78, 5) is 46.9. The van der Waals surface area contributed by atoms with Crippen LogP contribution in [0.4, 0.5) is 11.6 Å². The molecule has 14 heteroatoms. The van der Waals surface area contributed by atoms with Gasteiger partial charge in [0, 0.05) is 29.4 Å². The highest BCUT2D eigenvalue weighted by Gasteiger charge is 2.54. The van der Waals surface area contributed by atoms with Gasteiger partial charge >= 0.3 is 0 Å². The highest BCUT2D eigenvalue weighted by Crippen LogP contribution is 2.44. The maximum atomic E-state index is 14.2. The zero-order valence-electron chi connectivity index (χ0n) is 23.0. The molecule has 0 saturated heterocycles. The van der Waals surface area contributed by atoms with Gasteiger partial charge in [0.25, 0.3) is 11.8 Å². The molecule has 2 N–H and O–H groups in total. The van der Waals surface area contributed by atoms with E-state index in [4.69, 9.17) is 23.2 Å². The fourth-order valence-corrected chi connectivity index (χ4v) is 5.91. The van der Waals surface area contributed by atoms with E-state index >= 15 is 0 Å². The SMILES string of the molecule is C[C@@]1(Cc2ccc(C#N)cc2)C(=O)N(c2cc(Cl)cc(Cl)c2)c2ncc(C(=O)NC3(C(=O)NCCC4=NN=NC4)CC3)n21. The molecule has 1 aliphatic carbocycles. The number of fused-ring (bicyclic) bond motifs is 1. The summed E-state index contributed by atoms with van der Waals surface area (Å²) in [6, 6.07) is 13.7. The van der Waals surface area contributed by atoms with Crippen LogP contribution in [0.25, 0.3) is 0 Å². The number of nitrogens with zero attached hydrogens (tertiary/aromatic N) is 7. The topological polar surface area (TPSA) is 157 Å². The minimum absolute atomic E-state index is 0.123. The van der Waals surface area contributed by atoms with Crippen LogP contribution in [0, 0.1) is 11.3 Å². The number of benzene rings is 2. The van der Waals surface area contributed by atoms with E-state index in [1.165, 1.54) is 11.1 Å². The first-order chi connectivity index (χ1) is 20.6. The molecule has 3 heterocycles. The number of nitrogens with one attached hydrogen (secondary N) is 2. The highest BCUT2D eigenvalue weighted by molar-refractivity contribution is 6.35. The smallest absolute Gasteiger partial charge is 0.270 e. The fourth-order valence-electron chi connectivity index (χ4n) is 5.40. The van der Waals surface area contributed by atoms with E-state index in [1.54, 1.807) is 54.0 Å². The van der Waals surface area contributed by atoms with E-state index in [9.17, 15) is 19.6 Å². The molecule has 6 rings (SSSR count). The van der Waals surface area contributed by atoms with Crippen molar-refractivity contribution in [3.8, 4) is 6.07 Å². The third-order valence-electron chi connectivity index (χ3n) is 7.81. The monoisotopic (exact) mass is 617 g/mol. The Morgan fingerprint density at radius 3 is 2.47 bits per heavy atom. The molecule has 2 aliphatic heterocycles. The van der Waals surface area contributed by atoms with Gasteiger partial charge in [0.05, 0.1) is 29.2 Å². The molecule has 2 aromatic carbocycles. The van der Waals surface area contributed by atoms with Crippen LogP contribution in [-0.2, 0) is 21.5 Å². The van der Waals surface area contributed by atoms with Crippen LogP contribution in [0.15, 0.2) is 64.1 Å². The molecular formula is C29H25Cl2N9O3. The van der Waals surface area contributed by atoms with Gasteiger partial charge in [-0.05, 0) is 60.9 Å². The van der Waals surface area contributed by atoms with Crippen molar-refractivity contribution in [2.45, 2.75) is 43.7 Å². The van der Waals surface area contributed by atoms with E-state index in [0.717, 1.165) is 11.3 Å². The first kappa shape index (κ1) is 28.5. The van der Waals surface area contributed by atoms with Crippen LogP contribution < -0.4 is 15.5 Å². The Morgan fingerprint density at radius 1 is 1.12 bits per heavy atom. The van der Waals surface area contributed by atoms with Gasteiger partial charge in [-0.2, -0.15) is 10.4 Å². The van der Waals surface area contributed by atoms with E-state index in [1.807, 2.05) is 0 Å². The number of hydrogen-bond acceptors (Lipinski definition) is 8. The lowest BCUT2D eigenvalue weighted by molar-refractivity contribution is -0.124. The van der Waals surface area contributed by atoms with Crippen molar-refractivity contribution < 1.29 is 14.4 Å². The number of rotatable bonds is 9. The van der Waals surface area contributed by atoms with Crippen molar-refractivity contribution in [2.24, 2.45) is 15.4 Å². The van der Waals surface area contributed by atoms with Crippen molar-refractivity contribution in [1.82, 2.24) is 20.2 Å². The minimum atomic E-state index is -1.29. The van der Waals surface area contributed by atoms with Crippen molar-refractivity contribution >= 4 is 58.3 Å². The summed E-state index contributed by atoms with van der Waals surface area (Å²) >= 11 is 12.6. The Bertz CT molecular complexity index is 1730. The fraction of sp³-hybridized carbons (Fsp3) is 0.310. The van der Waals surface area contributed by atoms with Gasteiger partial charge in [-0.1, -0.05) is 35.3 Å².